The molecule has 19 heavy (non-hydrogen) atoms. The van der Waals surface area contributed by atoms with E-state index in [2.05, 4.69) is 51.8 Å². The molecule has 114 valence electrons. The van der Waals surface area contributed by atoms with Gasteiger partial charge in [-0.1, -0.05) is 20.8 Å². The molecule has 1 unspecified atom stereocenters. The fourth-order valence-corrected chi connectivity index (χ4v) is 3.35. The number of hydrogen-bond donors (Lipinski definition) is 1. The van der Waals surface area contributed by atoms with Gasteiger partial charge in [-0.3, -0.25) is 4.90 Å². The summed E-state index contributed by atoms with van der Waals surface area (Å²) >= 11 is 0. The average Bonchev–Trinajstić information content (AvgIpc) is 2.32. The molecule has 0 spiro atoms. The largest absolute Gasteiger partial charge is 0.370 e. The van der Waals surface area contributed by atoms with Crippen LogP contribution in [0.4, 0.5) is 0 Å². The van der Waals surface area contributed by atoms with E-state index in [1.165, 1.54) is 19.4 Å². The number of morpholine rings is 1. The fourth-order valence-electron chi connectivity index (χ4n) is 3.35. The molecule has 0 radical (unpaired) electrons. The molecule has 0 aliphatic carbocycles. The van der Waals surface area contributed by atoms with Crippen LogP contribution in [0.1, 0.15) is 54.4 Å². The van der Waals surface area contributed by atoms with Crippen molar-refractivity contribution in [1.29, 1.82) is 0 Å². The highest BCUT2D eigenvalue weighted by atomic mass is 16.5. The van der Waals surface area contributed by atoms with E-state index in [0.717, 1.165) is 26.2 Å². The van der Waals surface area contributed by atoms with Crippen LogP contribution in [-0.4, -0.2) is 49.3 Å². The van der Waals surface area contributed by atoms with E-state index < -0.39 is 0 Å². The maximum absolute atomic E-state index is 6.01. The molecule has 1 aliphatic rings. The Bertz CT molecular complexity index is 261. The van der Waals surface area contributed by atoms with Gasteiger partial charge >= 0.3 is 0 Å². The highest BCUT2D eigenvalue weighted by molar-refractivity contribution is 4.88. The molecule has 3 nitrogen and oxygen atoms in total. The van der Waals surface area contributed by atoms with Crippen molar-refractivity contribution in [1.82, 2.24) is 10.2 Å². The molecular weight excluding hydrogens is 236 g/mol. The minimum atomic E-state index is -0.0108. The van der Waals surface area contributed by atoms with E-state index in [4.69, 9.17) is 4.74 Å². The van der Waals surface area contributed by atoms with Gasteiger partial charge in [-0.15, -0.1) is 0 Å². The minimum Gasteiger partial charge on any atom is -0.370 e. The average molecular weight is 270 g/mol. The first-order valence-electron chi connectivity index (χ1n) is 7.97. The second-order valence-corrected chi connectivity index (χ2v) is 6.85. The van der Waals surface area contributed by atoms with Gasteiger partial charge < -0.3 is 10.1 Å². The van der Waals surface area contributed by atoms with Crippen LogP contribution in [0.3, 0.4) is 0 Å². The quantitative estimate of drug-likeness (QED) is 0.770. The van der Waals surface area contributed by atoms with Crippen LogP contribution in [0.25, 0.3) is 0 Å². The molecule has 1 saturated heterocycles. The Balaban J connectivity index is 2.67. The summed E-state index contributed by atoms with van der Waals surface area (Å²) in [5.74, 6) is 0. The number of ether oxygens (including phenoxy) is 1. The highest BCUT2D eigenvalue weighted by Crippen LogP contribution is 2.30. The van der Waals surface area contributed by atoms with Crippen LogP contribution < -0.4 is 5.32 Å². The third-order valence-electron chi connectivity index (χ3n) is 4.45. The molecule has 0 bridgehead atoms. The number of nitrogens with one attached hydrogen (secondary N) is 1. The normalized spacial score (nSPS) is 24.6. The van der Waals surface area contributed by atoms with Gasteiger partial charge in [-0.2, -0.15) is 0 Å². The predicted octanol–water partition coefficient (Wildman–Crippen LogP) is 2.90. The Hall–Kier alpha value is -0.120. The van der Waals surface area contributed by atoms with Crippen molar-refractivity contribution in [2.45, 2.75) is 66.1 Å². The van der Waals surface area contributed by atoms with Crippen molar-refractivity contribution in [2.75, 3.05) is 32.7 Å². The van der Waals surface area contributed by atoms with Crippen molar-refractivity contribution < 1.29 is 4.74 Å². The Kier molecular flexibility index (Phi) is 6.28. The topological polar surface area (TPSA) is 24.5 Å². The van der Waals surface area contributed by atoms with Gasteiger partial charge in [0.25, 0.3) is 0 Å². The summed E-state index contributed by atoms with van der Waals surface area (Å²) in [4.78, 5) is 2.61. The lowest BCUT2D eigenvalue weighted by molar-refractivity contribution is -0.135. The van der Waals surface area contributed by atoms with Gasteiger partial charge in [0, 0.05) is 26.2 Å². The van der Waals surface area contributed by atoms with Crippen LogP contribution in [0.15, 0.2) is 0 Å². The maximum atomic E-state index is 6.01. The van der Waals surface area contributed by atoms with Gasteiger partial charge in [-0.05, 0) is 45.6 Å². The van der Waals surface area contributed by atoms with Crippen molar-refractivity contribution in [3.63, 3.8) is 0 Å². The molecule has 1 fully saturated rings. The van der Waals surface area contributed by atoms with Gasteiger partial charge in [0.05, 0.1) is 11.7 Å². The molecule has 0 aromatic heterocycles. The Labute approximate surface area is 120 Å². The fraction of sp³-hybridized carbons (Fsp3) is 1.00. The molecule has 1 N–H and O–H groups in total. The number of rotatable bonds is 7. The van der Waals surface area contributed by atoms with Gasteiger partial charge in [0.15, 0.2) is 0 Å². The maximum Gasteiger partial charge on any atom is 0.0757 e. The summed E-state index contributed by atoms with van der Waals surface area (Å²) in [5, 5.41) is 3.55. The zero-order valence-electron chi connectivity index (χ0n) is 13.9. The standard InChI is InChI=1S/C16H34N2O/c1-7-16(8-2,11-17-9-3)13-18-10-14(4)19-15(5,6)12-18/h14,17H,7-13H2,1-6H3. The van der Waals surface area contributed by atoms with Crippen molar-refractivity contribution >= 4 is 0 Å². The second kappa shape index (κ2) is 7.05. The zero-order valence-corrected chi connectivity index (χ0v) is 13.9. The lowest BCUT2D eigenvalue weighted by Crippen LogP contribution is -2.55. The Morgan fingerprint density at radius 2 is 1.89 bits per heavy atom. The molecule has 0 aromatic carbocycles. The predicted molar refractivity (Wildman–Crippen MR) is 82.6 cm³/mol. The summed E-state index contributed by atoms with van der Waals surface area (Å²) in [6.07, 6.45) is 2.82. The summed E-state index contributed by atoms with van der Waals surface area (Å²) in [6, 6.07) is 0. The third kappa shape index (κ3) is 5.05. The summed E-state index contributed by atoms with van der Waals surface area (Å²) in [6.45, 7) is 18.9. The van der Waals surface area contributed by atoms with Gasteiger partial charge in [-0.25, -0.2) is 0 Å². The summed E-state index contributed by atoms with van der Waals surface area (Å²) < 4.78 is 6.01. The Morgan fingerprint density at radius 3 is 2.37 bits per heavy atom. The first-order chi connectivity index (χ1) is 8.86. The van der Waals surface area contributed by atoms with E-state index >= 15 is 0 Å². The zero-order chi connectivity index (χ0) is 14.5. The molecule has 1 atom stereocenters. The van der Waals surface area contributed by atoms with Crippen molar-refractivity contribution in [2.24, 2.45) is 5.41 Å². The monoisotopic (exact) mass is 270 g/mol. The summed E-state index contributed by atoms with van der Waals surface area (Å²) in [5.41, 5.74) is 0.395. The summed E-state index contributed by atoms with van der Waals surface area (Å²) in [7, 11) is 0. The minimum absolute atomic E-state index is 0.0108. The first kappa shape index (κ1) is 16.9. The lowest BCUT2D eigenvalue weighted by atomic mass is 9.81. The second-order valence-electron chi connectivity index (χ2n) is 6.85. The van der Waals surface area contributed by atoms with E-state index in [0.29, 0.717) is 11.5 Å². The van der Waals surface area contributed by atoms with Gasteiger partial charge in [0.1, 0.15) is 0 Å². The van der Waals surface area contributed by atoms with Crippen molar-refractivity contribution in [3.05, 3.63) is 0 Å². The third-order valence-corrected chi connectivity index (χ3v) is 4.45. The van der Waals surface area contributed by atoms with Gasteiger partial charge in [0.2, 0.25) is 0 Å². The first-order valence-corrected chi connectivity index (χ1v) is 7.97. The smallest absolute Gasteiger partial charge is 0.0757 e. The van der Waals surface area contributed by atoms with E-state index in [9.17, 15) is 0 Å². The van der Waals surface area contributed by atoms with Crippen molar-refractivity contribution in [3.8, 4) is 0 Å². The molecular formula is C16H34N2O. The highest BCUT2D eigenvalue weighted by Gasteiger charge is 2.35. The number of nitrogens with zero attached hydrogens (tertiary/aromatic N) is 1. The van der Waals surface area contributed by atoms with Crippen LogP contribution in [0.5, 0.6) is 0 Å². The van der Waals surface area contributed by atoms with Crippen LogP contribution in [0, 0.1) is 5.41 Å². The number of hydrogen-bond acceptors (Lipinski definition) is 3. The lowest BCUT2D eigenvalue weighted by Gasteiger charge is -2.46. The van der Waals surface area contributed by atoms with Crippen LogP contribution in [0.2, 0.25) is 0 Å². The molecule has 0 saturated carbocycles. The van der Waals surface area contributed by atoms with E-state index in [-0.39, 0.29) is 5.60 Å². The van der Waals surface area contributed by atoms with E-state index in [1.54, 1.807) is 0 Å². The molecule has 1 rings (SSSR count). The molecule has 1 aliphatic heterocycles. The molecule has 0 amide bonds. The molecule has 0 aromatic rings. The van der Waals surface area contributed by atoms with E-state index in [1.807, 2.05) is 0 Å². The Morgan fingerprint density at radius 1 is 1.26 bits per heavy atom. The molecule has 1 heterocycles. The van der Waals surface area contributed by atoms with Crippen LogP contribution >= 0.6 is 0 Å². The molecule has 3 heteroatoms. The van der Waals surface area contributed by atoms with Crippen LogP contribution in [-0.2, 0) is 4.74 Å². The SMILES string of the molecule is CCNCC(CC)(CC)CN1CC(C)OC(C)(C)C1.